The van der Waals surface area contributed by atoms with Crippen LogP contribution in [0.25, 0.3) is 0 Å². The number of carboxylic acids is 1. The Morgan fingerprint density at radius 1 is 1.75 bits per heavy atom. The summed E-state index contributed by atoms with van der Waals surface area (Å²) in [6, 6.07) is 0. The van der Waals surface area contributed by atoms with Gasteiger partial charge < -0.3 is 5.11 Å². The lowest BCUT2D eigenvalue weighted by molar-refractivity contribution is -0.131. The van der Waals surface area contributed by atoms with Crippen molar-refractivity contribution < 1.29 is 9.90 Å². The van der Waals surface area contributed by atoms with Crippen molar-refractivity contribution in [2.24, 2.45) is 0 Å². The van der Waals surface area contributed by atoms with Gasteiger partial charge in [-0.3, -0.25) is 0 Å². The molecule has 0 aliphatic carbocycles. The van der Waals surface area contributed by atoms with E-state index in [1.807, 2.05) is 0 Å². The van der Waals surface area contributed by atoms with Crippen LogP contribution in [0.15, 0.2) is 23.6 Å². The number of allylic oxidation sites excluding steroid dienone is 2. The summed E-state index contributed by atoms with van der Waals surface area (Å²) in [5.74, 6) is -1.03. The molecule has 0 saturated heterocycles. The van der Waals surface area contributed by atoms with Gasteiger partial charge >= 0.3 is 5.97 Å². The second-order valence-corrected chi connectivity index (χ2v) is 1.57. The van der Waals surface area contributed by atoms with E-state index in [0.717, 1.165) is 0 Å². The largest absolute Gasteiger partial charge is 0.477 e. The predicted molar refractivity (Wildman–Crippen MR) is 34.9 cm³/mol. The Morgan fingerprint density at radius 2 is 2.25 bits per heavy atom. The molecule has 2 nitrogen and oxygen atoms in total. The normalized spacial score (nSPS) is 10.9. The van der Waals surface area contributed by atoms with Crippen molar-refractivity contribution in [2.45, 2.75) is 0 Å². The fourth-order valence-corrected chi connectivity index (χ4v) is 0.288. The van der Waals surface area contributed by atoms with Gasteiger partial charge in [-0.15, -0.1) is 12.6 Å². The lowest BCUT2D eigenvalue weighted by Crippen LogP contribution is -1.91. The molecule has 3 heteroatoms. The lowest BCUT2D eigenvalue weighted by Gasteiger charge is -1.83. The number of hydrogen-bond acceptors (Lipinski definition) is 2. The molecule has 0 heterocycles. The van der Waals surface area contributed by atoms with Gasteiger partial charge in [-0.2, -0.15) is 0 Å². The molecule has 0 unspecified atom stereocenters. The Morgan fingerprint density at radius 3 is 2.38 bits per heavy atom. The van der Waals surface area contributed by atoms with Crippen LogP contribution in [0, 0.1) is 0 Å². The molecule has 0 fully saturated rings. The second kappa shape index (κ2) is 3.32. The number of thiol groups is 1. The Kier molecular flexibility index (Phi) is 3.03. The van der Waals surface area contributed by atoms with Crippen molar-refractivity contribution in [3.8, 4) is 0 Å². The molecule has 0 aliphatic heterocycles. The third-order valence-corrected chi connectivity index (χ3v) is 0.835. The maximum Gasteiger partial charge on any atom is 0.341 e. The van der Waals surface area contributed by atoms with Crippen molar-refractivity contribution in [1.82, 2.24) is 0 Å². The monoisotopic (exact) mass is 130 g/mol. The Bertz CT molecular complexity index is 137. The molecule has 0 bridgehead atoms. The molecule has 0 spiro atoms. The number of aliphatic carboxylic acids is 1. The second-order valence-electron chi connectivity index (χ2n) is 1.09. The molecule has 0 aromatic heterocycles. The summed E-state index contributed by atoms with van der Waals surface area (Å²) in [4.78, 5) is 9.90. The van der Waals surface area contributed by atoms with Crippen molar-refractivity contribution >= 4 is 18.6 Å². The molecule has 44 valence electrons. The smallest absolute Gasteiger partial charge is 0.341 e. The highest BCUT2D eigenvalue weighted by Gasteiger charge is 1.95. The number of carbonyl (C=O) groups is 1. The minimum absolute atomic E-state index is 0.000000000000000222. The van der Waals surface area contributed by atoms with Crippen molar-refractivity contribution in [2.75, 3.05) is 0 Å². The van der Waals surface area contributed by atoms with E-state index in [-0.39, 0.29) is 4.91 Å². The van der Waals surface area contributed by atoms with E-state index in [2.05, 4.69) is 19.2 Å². The Balaban J connectivity index is 3.99. The van der Waals surface area contributed by atoms with Crippen LogP contribution in [-0.2, 0) is 4.79 Å². The standard InChI is InChI=1S/C5H6O2S/c1-2-3-4(8)5(6)7/h2-3,8H,1H2,(H,6,7). The predicted octanol–water partition coefficient (Wildman–Crippen LogP) is 1.07. The van der Waals surface area contributed by atoms with Gasteiger partial charge in [0.15, 0.2) is 0 Å². The van der Waals surface area contributed by atoms with Crippen molar-refractivity contribution in [3.63, 3.8) is 0 Å². The van der Waals surface area contributed by atoms with Crippen LogP contribution in [0.1, 0.15) is 0 Å². The average molecular weight is 130 g/mol. The van der Waals surface area contributed by atoms with Crippen LogP contribution < -0.4 is 0 Å². The molecule has 0 amide bonds. The highest BCUT2D eigenvalue weighted by atomic mass is 32.1. The van der Waals surface area contributed by atoms with E-state index in [9.17, 15) is 4.79 Å². The van der Waals surface area contributed by atoms with E-state index in [4.69, 9.17) is 5.11 Å². The van der Waals surface area contributed by atoms with Gasteiger partial charge in [0.25, 0.3) is 0 Å². The summed E-state index contributed by atoms with van der Waals surface area (Å²) < 4.78 is 0. The van der Waals surface area contributed by atoms with E-state index in [1.54, 1.807) is 0 Å². The first-order chi connectivity index (χ1) is 3.68. The zero-order chi connectivity index (χ0) is 6.57. The minimum atomic E-state index is -1.03. The van der Waals surface area contributed by atoms with Gasteiger partial charge in [0.05, 0.1) is 4.91 Å². The summed E-state index contributed by atoms with van der Waals surface area (Å²) in [5, 5.41) is 8.12. The van der Waals surface area contributed by atoms with Crippen LogP contribution in [0.3, 0.4) is 0 Å². The highest BCUT2D eigenvalue weighted by molar-refractivity contribution is 7.85. The van der Waals surface area contributed by atoms with Crippen molar-refractivity contribution in [3.05, 3.63) is 23.6 Å². The molecule has 0 atom stereocenters. The number of rotatable bonds is 2. The maximum atomic E-state index is 9.90. The van der Waals surface area contributed by atoms with E-state index >= 15 is 0 Å². The van der Waals surface area contributed by atoms with E-state index in [0.29, 0.717) is 0 Å². The van der Waals surface area contributed by atoms with E-state index in [1.165, 1.54) is 12.2 Å². The molecule has 0 radical (unpaired) electrons. The molecular weight excluding hydrogens is 124 g/mol. The molecule has 1 N–H and O–H groups in total. The average Bonchev–Trinajstić information content (AvgIpc) is 1.67. The third kappa shape index (κ3) is 2.47. The topological polar surface area (TPSA) is 37.3 Å². The first-order valence-electron chi connectivity index (χ1n) is 1.93. The van der Waals surface area contributed by atoms with Crippen LogP contribution in [0.5, 0.6) is 0 Å². The molecule has 0 aliphatic rings. The van der Waals surface area contributed by atoms with Gasteiger partial charge in [0.2, 0.25) is 0 Å². The summed E-state index contributed by atoms with van der Waals surface area (Å²) >= 11 is 3.60. The number of hydrogen-bond donors (Lipinski definition) is 2. The summed E-state index contributed by atoms with van der Waals surface area (Å²) in [7, 11) is 0. The maximum absolute atomic E-state index is 9.90. The molecule has 0 rings (SSSR count). The van der Waals surface area contributed by atoms with Gasteiger partial charge in [-0.1, -0.05) is 12.7 Å². The van der Waals surface area contributed by atoms with E-state index < -0.39 is 5.97 Å². The number of carboxylic acid groups (broad SMARTS) is 1. The van der Waals surface area contributed by atoms with Crippen LogP contribution >= 0.6 is 12.6 Å². The zero-order valence-electron chi connectivity index (χ0n) is 4.16. The third-order valence-electron chi connectivity index (χ3n) is 0.495. The minimum Gasteiger partial charge on any atom is -0.477 e. The first-order valence-corrected chi connectivity index (χ1v) is 2.38. The molecule has 0 aromatic rings. The van der Waals surface area contributed by atoms with Crippen LogP contribution in [0.2, 0.25) is 0 Å². The molecule has 0 saturated carbocycles. The first kappa shape index (κ1) is 7.30. The summed E-state index contributed by atoms with van der Waals surface area (Å²) in [6.45, 7) is 3.29. The Labute approximate surface area is 52.9 Å². The quantitative estimate of drug-likeness (QED) is 0.333. The molecule has 0 aromatic carbocycles. The SMILES string of the molecule is C=CC=C(S)C(=O)O. The zero-order valence-corrected chi connectivity index (χ0v) is 5.06. The van der Waals surface area contributed by atoms with Crippen molar-refractivity contribution in [1.29, 1.82) is 0 Å². The Hall–Kier alpha value is -0.700. The van der Waals surface area contributed by atoms with Gasteiger partial charge in [0.1, 0.15) is 0 Å². The van der Waals surface area contributed by atoms with Crippen LogP contribution in [-0.4, -0.2) is 11.1 Å². The highest BCUT2D eigenvalue weighted by Crippen LogP contribution is 1.98. The van der Waals surface area contributed by atoms with Gasteiger partial charge in [-0.25, -0.2) is 4.79 Å². The lowest BCUT2D eigenvalue weighted by atomic mass is 10.5. The molecular formula is C5H6O2S. The van der Waals surface area contributed by atoms with Gasteiger partial charge in [0, 0.05) is 0 Å². The fourth-order valence-electron chi connectivity index (χ4n) is 0.183. The summed E-state index contributed by atoms with van der Waals surface area (Å²) in [5.41, 5.74) is 0. The van der Waals surface area contributed by atoms with Gasteiger partial charge in [-0.05, 0) is 6.08 Å². The summed E-state index contributed by atoms with van der Waals surface area (Å²) in [6.07, 6.45) is 2.68. The van der Waals surface area contributed by atoms with Crippen LogP contribution in [0.4, 0.5) is 0 Å². The molecule has 8 heavy (non-hydrogen) atoms. The fraction of sp³-hybridized carbons (Fsp3) is 0.